The first-order valence-corrected chi connectivity index (χ1v) is 26.5. The lowest BCUT2D eigenvalue weighted by molar-refractivity contribution is -0.138. The average Bonchev–Trinajstić information content (AvgIpc) is 3.23. The SMILES string of the molecule is CCCCCCCCC(CCCCCC)COCCCCCCN(CCCCCCOC(O)C(CCCCCC)CCCCCCCC)CC(O)CN1CCCCC1. The minimum absolute atomic E-state index is 0.265. The molecular formula is C52H106N2O4. The van der Waals surface area contributed by atoms with Crippen LogP contribution in [-0.2, 0) is 9.47 Å². The van der Waals surface area contributed by atoms with Crippen molar-refractivity contribution in [3.8, 4) is 0 Å². The minimum Gasteiger partial charge on any atom is -0.390 e. The Morgan fingerprint density at radius 1 is 0.483 bits per heavy atom. The van der Waals surface area contributed by atoms with Crippen molar-refractivity contribution < 1.29 is 19.7 Å². The van der Waals surface area contributed by atoms with Gasteiger partial charge in [-0.2, -0.15) is 0 Å². The summed E-state index contributed by atoms with van der Waals surface area (Å²) in [7, 11) is 0. The number of hydrogen-bond donors (Lipinski definition) is 2. The molecule has 6 nitrogen and oxygen atoms in total. The standard InChI is InChI=1S/C52H106N2O4/c1-5-9-13-17-19-27-37-49(36-26-15-11-7-3)48-57-44-34-23-21-30-40-53(46-51(55)47-54-42-32-25-33-43-54)41-31-22-24-35-45-58-52(56)50(38-28-16-12-8-4)39-29-20-18-14-10-6-2/h49-52,55-56H,5-48H2,1-4H3. The zero-order valence-electron chi connectivity index (χ0n) is 40.0. The molecule has 4 unspecified atom stereocenters. The summed E-state index contributed by atoms with van der Waals surface area (Å²) in [5.74, 6) is 1.04. The van der Waals surface area contributed by atoms with Crippen molar-refractivity contribution in [1.29, 1.82) is 0 Å². The number of aliphatic hydroxyl groups excluding tert-OH is 2. The lowest BCUT2D eigenvalue weighted by Gasteiger charge is -2.31. The second-order valence-electron chi connectivity index (χ2n) is 18.9. The summed E-state index contributed by atoms with van der Waals surface area (Å²) in [6.07, 6.45) is 44.0. The van der Waals surface area contributed by atoms with Gasteiger partial charge in [0.1, 0.15) is 0 Å². The number of nitrogens with zero attached hydrogens (tertiary/aromatic N) is 2. The van der Waals surface area contributed by atoms with Gasteiger partial charge in [-0.15, -0.1) is 0 Å². The van der Waals surface area contributed by atoms with Gasteiger partial charge in [0.25, 0.3) is 0 Å². The van der Waals surface area contributed by atoms with Crippen molar-refractivity contribution in [3.63, 3.8) is 0 Å². The Kier molecular flexibility index (Phi) is 41.7. The highest BCUT2D eigenvalue weighted by Crippen LogP contribution is 2.24. The minimum atomic E-state index is -0.604. The van der Waals surface area contributed by atoms with Crippen LogP contribution in [0.15, 0.2) is 0 Å². The number of likely N-dealkylation sites (tertiary alicyclic amines) is 1. The average molecular weight is 823 g/mol. The molecular weight excluding hydrogens is 717 g/mol. The van der Waals surface area contributed by atoms with Crippen LogP contribution in [0.2, 0.25) is 0 Å². The van der Waals surface area contributed by atoms with Crippen LogP contribution in [0.3, 0.4) is 0 Å². The molecule has 0 bridgehead atoms. The van der Waals surface area contributed by atoms with Crippen molar-refractivity contribution >= 4 is 0 Å². The van der Waals surface area contributed by atoms with E-state index >= 15 is 0 Å². The van der Waals surface area contributed by atoms with Crippen LogP contribution in [-0.4, -0.2) is 91.5 Å². The van der Waals surface area contributed by atoms with Crippen molar-refractivity contribution in [1.82, 2.24) is 9.80 Å². The summed E-state index contributed by atoms with van der Waals surface area (Å²) in [5, 5.41) is 22.1. The number of β-amino-alcohol motifs (C(OH)–C–C–N with tert-alkyl or cyclic N) is 1. The third-order valence-electron chi connectivity index (χ3n) is 13.1. The molecule has 1 aliphatic rings. The van der Waals surface area contributed by atoms with Crippen molar-refractivity contribution in [2.24, 2.45) is 11.8 Å². The van der Waals surface area contributed by atoms with E-state index in [-0.39, 0.29) is 12.0 Å². The second kappa shape index (κ2) is 43.4. The normalized spacial score (nSPS) is 16.0. The fourth-order valence-electron chi connectivity index (χ4n) is 9.20. The largest absolute Gasteiger partial charge is 0.390 e. The first kappa shape index (κ1) is 55.8. The van der Waals surface area contributed by atoms with Gasteiger partial charge in [-0.3, -0.25) is 0 Å². The number of hydrogen-bond acceptors (Lipinski definition) is 6. The molecule has 0 aliphatic carbocycles. The summed E-state index contributed by atoms with van der Waals surface area (Å²) < 4.78 is 12.4. The molecule has 0 radical (unpaired) electrons. The monoisotopic (exact) mass is 823 g/mol. The summed E-state index contributed by atoms with van der Waals surface area (Å²) in [6, 6.07) is 0. The van der Waals surface area contributed by atoms with Gasteiger partial charge < -0.3 is 29.5 Å². The number of unbranched alkanes of at least 4 members (excludes halogenated alkanes) is 22. The fraction of sp³-hybridized carbons (Fsp3) is 1.00. The molecule has 0 spiro atoms. The van der Waals surface area contributed by atoms with Crippen molar-refractivity contribution in [2.75, 3.05) is 59.1 Å². The van der Waals surface area contributed by atoms with Crippen LogP contribution in [0.5, 0.6) is 0 Å². The van der Waals surface area contributed by atoms with Gasteiger partial charge in [0.2, 0.25) is 0 Å². The molecule has 0 amide bonds. The summed E-state index contributed by atoms with van der Waals surface area (Å²) >= 11 is 0. The van der Waals surface area contributed by atoms with Gasteiger partial charge in [-0.05, 0) is 96.3 Å². The predicted molar refractivity (Wildman–Crippen MR) is 253 cm³/mol. The fourth-order valence-corrected chi connectivity index (χ4v) is 9.20. The van der Waals surface area contributed by atoms with E-state index in [2.05, 4.69) is 37.5 Å². The molecule has 1 aliphatic heterocycles. The maximum Gasteiger partial charge on any atom is 0.157 e. The van der Waals surface area contributed by atoms with Crippen LogP contribution in [0.4, 0.5) is 0 Å². The first-order valence-electron chi connectivity index (χ1n) is 26.5. The molecule has 6 heteroatoms. The molecule has 0 aromatic heterocycles. The highest BCUT2D eigenvalue weighted by Gasteiger charge is 2.20. The zero-order chi connectivity index (χ0) is 42.0. The van der Waals surface area contributed by atoms with Crippen LogP contribution < -0.4 is 0 Å². The maximum atomic E-state index is 11.1. The van der Waals surface area contributed by atoms with Gasteiger partial charge in [0.05, 0.1) is 6.10 Å². The van der Waals surface area contributed by atoms with Crippen LogP contribution >= 0.6 is 0 Å². The smallest absolute Gasteiger partial charge is 0.157 e. The maximum absolute atomic E-state index is 11.1. The molecule has 0 aromatic carbocycles. The summed E-state index contributed by atoms with van der Waals surface area (Å²) in [6.45, 7) is 17.8. The Bertz CT molecular complexity index is 795. The van der Waals surface area contributed by atoms with E-state index in [0.717, 1.165) is 84.1 Å². The van der Waals surface area contributed by atoms with Gasteiger partial charge in [-0.1, -0.05) is 188 Å². The molecule has 1 heterocycles. The Morgan fingerprint density at radius 2 is 0.914 bits per heavy atom. The quantitative estimate of drug-likeness (QED) is 0.0471. The third-order valence-corrected chi connectivity index (χ3v) is 13.1. The van der Waals surface area contributed by atoms with Crippen molar-refractivity contribution in [3.05, 3.63) is 0 Å². The van der Waals surface area contributed by atoms with Gasteiger partial charge in [0.15, 0.2) is 6.29 Å². The first-order chi connectivity index (χ1) is 28.5. The highest BCUT2D eigenvalue weighted by molar-refractivity contribution is 4.73. The van der Waals surface area contributed by atoms with E-state index < -0.39 is 6.29 Å². The van der Waals surface area contributed by atoms with Crippen LogP contribution in [0, 0.1) is 11.8 Å². The highest BCUT2D eigenvalue weighted by atomic mass is 16.6. The molecule has 58 heavy (non-hydrogen) atoms. The van der Waals surface area contributed by atoms with E-state index in [1.165, 1.54) is 199 Å². The number of rotatable bonds is 46. The Morgan fingerprint density at radius 3 is 1.45 bits per heavy atom. The molecule has 348 valence electrons. The predicted octanol–water partition coefficient (Wildman–Crippen LogP) is 14.3. The van der Waals surface area contributed by atoms with Crippen LogP contribution in [0.25, 0.3) is 0 Å². The molecule has 0 saturated carbocycles. The Balaban J connectivity index is 2.40. The van der Waals surface area contributed by atoms with Gasteiger partial charge in [-0.25, -0.2) is 0 Å². The topological polar surface area (TPSA) is 65.4 Å². The second-order valence-corrected chi connectivity index (χ2v) is 18.9. The molecule has 1 rings (SSSR count). The lowest BCUT2D eigenvalue weighted by atomic mass is 9.93. The van der Waals surface area contributed by atoms with Crippen LogP contribution in [0.1, 0.15) is 252 Å². The number of piperidine rings is 1. The molecule has 2 N–H and O–H groups in total. The summed E-state index contributed by atoms with van der Waals surface area (Å²) in [5.41, 5.74) is 0. The van der Waals surface area contributed by atoms with E-state index in [9.17, 15) is 10.2 Å². The zero-order valence-corrected chi connectivity index (χ0v) is 40.0. The van der Waals surface area contributed by atoms with E-state index in [0.29, 0.717) is 6.61 Å². The Labute approximate surface area is 364 Å². The van der Waals surface area contributed by atoms with Gasteiger partial charge in [0, 0.05) is 38.8 Å². The lowest BCUT2D eigenvalue weighted by Crippen LogP contribution is -2.42. The molecule has 1 fully saturated rings. The van der Waals surface area contributed by atoms with E-state index in [4.69, 9.17) is 9.47 Å². The molecule has 1 saturated heterocycles. The number of aliphatic hydroxyl groups is 2. The third kappa shape index (κ3) is 35.4. The van der Waals surface area contributed by atoms with E-state index in [1.54, 1.807) is 0 Å². The Hall–Kier alpha value is -0.240. The molecule has 4 atom stereocenters. The number of ether oxygens (including phenoxy) is 2. The van der Waals surface area contributed by atoms with E-state index in [1.807, 2.05) is 0 Å². The summed E-state index contributed by atoms with van der Waals surface area (Å²) in [4.78, 5) is 5.04. The van der Waals surface area contributed by atoms with Gasteiger partial charge >= 0.3 is 0 Å². The molecule has 0 aromatic rings. The van der Waals surface area contributed by atoms with Crippen molar-refractivity contribution in [2.45, 2.75) is 265 Å².